The normalized spacial score (nSPS) is 15.3. The second kappa shape index (κ2) is 9.54. The monoisotopic (exact) mass is 494 g/mol. The number of imidazole rings is 1. The Morgan fingerprint density at radius 2 is 2.00 bits per heavy atom. The number of carbonyl (C=O) groups excluding carboxylic acids is 2. The van der Waals surface area contributed by atoms with Gasteiger partial charge in [-0.15, -0.1) is 22.7 Å². The van der Waals surface area contributed by atoms with Gasteiger partial charge in [0.25, 0.3) is 5.91 Å². The van der Waals surface area contributed by atoms with Crippen molar-refractivity contribution in [3.63, 3.8) is 0 Å². The summed E-state index contributed by atoms with van der Waals surface area (Å²) in [4.78, 5) is 34.5. The first-order chi connectivity index (χ1) is 16.1. The number of thioether (sulfide) groups is 1. The number of rotatable bonds is 6. The molecule has 0 saturated heterocycles. The van der Waals surface area contributed by atoms with Crippen LogP contribution in [0.2, 0.25) is 0 Å². The quantitative estimate of drug-likeness (QED) is 0.381. The van der Waals surface area contributed by atoms with Crippen molar-refractivity contribution in [1.29, 1.82) is 0 Å². The van der Waals surface area contributed by atoms with Crippen LogP contribution in [0.3, 0.4) is 0 Å². The maximum atomic E-state index is 13.5. The first-order valence-electron chi connectivity index (χ1n) is 10.5. The summed E-state index contributed by atoms with van der Waals surface area (Å²) in [5.41, 5.74) is 2.53. The predicted octanol–water partition coefficient (Wildman–Crippen LogP) is 5.06. The van der Waals surface area contributed by atoms with Gasteiger partial charge < -0.3 is 14.8 Å². The van der Waals surface area contributed by atoms with Crippen molar-refractivity contribution < 1.29 is 9.59 Å². The van der Waals surface area contributed by atoms with E-state index in [1.165, 1.54) is 27.1 Å². The van der Waals surface area contributed by atoms with Crippen molar-refractivity contribution in [2.75, 3.05) is 17.6 Å². The van der Waals surface area contributed by atoms with Crippen LogP contribution in [0.4, 0.5) is 5.69 Å². The van der Waals surface area contributed by atoms with Crippen molar-refractivity contribution in [1.82, 2.24) is 14.5 Å². The third kappa shape index (κ3) is 4.62. The molecule has 1 aliphatic heterocycles. The number of hydrogen-bond acceptors (Lipinski definition) is 6. The molecule has 5 rings (SSSR count). The molecule has 0 bridgehead atoms. The van der Waals surface area contributed by atoms with Crippen molar-refractivity contribution in [2.24, 2.45) is 7.05 Å². The zero-order valence-electron chi connectivity index (χ0n) is 17.9. The molecule has 4 aromatic rings. The van der Waals surface area contributed by atoms with Gasteiger partial charge in [-0.3, -0.25) is 9.59 Å². The molecule has 3 aromatic heterocycles. The van der Waals surface area contributed by atoms with Gasteiger partial charge in [0.15, 0.2) is 5.16 Å². The van der Waals surface area contributed by atoms with Crippen LogP contribution in [0, 0.1) is 0 Å². The molecule has 1 aliphatic rings. The second-order valence-corrected chi connectivity index (χ2v) is 10.6. The minimum atomic E-state index is -0.110. The van der Waals surface area contributed by atoms with Gasteiger partial charge in [0, 0.05) is 47.0 Å². The molecule has 1 atom stereocenters. The van der Waals surface area contributed by atoms with Gasteiger partial charge in [-0.1, -0.05) is 17.8 Å². The molecule has 0 fully saturated rings. The lowest BCUT2D eigenvalue weighted by Gasteiger charge is -2.35. The van der Waals surface area contributed by atoms with Crippen LogP contribution in [0.5, 0.6) is 0 Å². The van der Waals surface area contributed by atoms with Crippen LogP contribution in [0.15, 0.2) is 70.8 Å². The number of amides is 2. The van der Waals surface area contributed by atoms with Gasteiger partial charge in [0.2, 0.25) is 5.91 Å². The standard InChI is InChI=1S/C24H22N4O2S3/c1-27-12-10-25-24(27)33-15-21(29)26-17-6-4-16(5-7-17)23(30)28-11-8-19-18(9-14-32-19)22(28)20-3-2-13-31-20/h2-7,9-10,12-14,22H,8,11,15H2,1H3,(H,26,29)/t22-/m0/s1. The predicted molar refractivity (Wildman–Crippen MR) is 134 cm³/mol. The van der Waals surface area contributed by atoms with Crippen molar-refractivity contribution in [3.8, 4) is 0 Å². The SMILES string of the molecule is Cn1ccnc1SCC(=O)Nc1ccc(C(=O)N2CCc3sccc3[C@H]2c2cccs2)cc1. The number of fused-ring (bicyclic) bond motifs is 1. The van der Waals surface area contributed by atoms with Gasteiger partial charge in [-0.2, -0.15) is 0 Å². The highest BCUT2D eigenvalue weighted by molar-refractivity contribution is 7.99. The van der Waals surface area contributed by atoms with E-state index in [2.05, 4.69) is 33.2 Å². The molecule has 168 valence electrons. The fraction of sp³-hybridized carbons (Fsp3) is 0.208. The highest BCUT2D eigenvalue weighted by Gasteiger charge is 2.33. The van der Waals surface area contributed by atoms with Crippen molar-refractivity contribution >= 4 is 51.9 Å². The summed E-state index contributed by atoms with van der Waals surface area (Å²) in [6.45, 7) is 0.692. The first-order valence-corrected chi connectivity index (χ1v) is 13.3. The number of aromatic nitrogens is 2. The Morgan fingerprint density at radius 3 is 2.73 bits per heavy atom. The average Bonchev–Trinajstić information content (AvgIpc) is 3.59. The van der Waals surface area contributed by atoms with E-state index in [1.807, 2.05) is 28.8 Å². The van der Waals surface area contributed by atoms with Crippen molar-refractivity contribution in [2.45, 2.75) is 17.6 Å². The van der Waals surface area contributed by atoms with Crippen LogP contribution in [0.25, 0.3) is 0 Å². The molecule has 6 nitrogen and oxygen atoms in total. The van der Waals surface area contributed by atoms with E-state index in [0.29, 0.717) is 17.8 Å². The summed E-state index contributed by atoms with van der Waals surface area (Å²) in [7, 11) is 1.90. The number of anilines is 1. The Bertz CT molecular complexity index is 1260. The summed E-state index contributed by atoms with van der Waals surface area (Å²) in [5.74, 6) is 0.166. The van der Waals surface area contributed by atoms with E-state index in [4.69, 9.17) is 0 Å². The molecule has 0 radical (unpaired) electrons. The zero-order valence-corrected chi connectivity index (χ0v) is 20.4. The number of nitrogens with zero attached hydrogens (tertiary/aromatic N) is 3. The molecule has 9 heteroatoms. The molecule has 33 heavy (non-hydrogen) atoms. The Morgan fingerprint density at radius 1 is 1.15 bits per heavy atom. The Hall–Kier alpha value is -2.88. The summed E-state index contributed by atoms with van der Waals surface area (Å²) in [6.07, 6.45) is 4.43. The minimum Gasteiger partial charge on any atom is -0.329 e. The molecule has 1 aromatic carbocycles. The summed E-state index contributed by atoms with van der Waals surface area (Å²) < 4.78 is 1.88. The van der Waals surface area contributed by atoms with Gasteiger partial charge in [0.1, 0.15) is 0 Å². The highest BCUT2D eigenvalue weighted by Crippen LogP contribution is 2.40. The van der Waals surface area contributed by atoms with Gasteiger partial charge in [-0.25, -0.2) is 4.98 Å². The number of thiophene rings is 2. The number of hydrogen-bond donors (Lipinski definition) is 1. The first kappa shape index (κ1) is 21.9. The fourth-order valence-electron chi connectivity index (χ4n) is 3.97. The molecular formula is C24H22N4O2S3. The lowest BCUT2D eigenvalue weighted by Crippen LogP contribution is -2.39. The molecular weight excluding hydrogens is 472 g/mol. The molecule has 0 unspecified atom stereocenters. The molecule has 0 saturated carbocycles. The van der Waals surface area contributed by atoms with E-state index in [9.17, 15) is 9.59 Å². The Kier molecular flexibility index (Phi) is 6.34. The number of aryl methyl sites for hydroxylation is 1. The smallest absolute Gasteiger partial charge is 0.254 e. The average molecular weight is 495 g/mol. The van der Waals surface area contributed by atoms with E-state index >= 15 is 0 Å². The number of benzene rings is 1. The molecule has 1 N–H and O–H groups in total. The van der Waals surface area contributed by atoms with E-state index in [1.54, 1.807) is 53.1 Å². The highest BCUT2D eigenvalue weighted by atomic mass is 32.2. The Balaban J connectivity index is 1.27. The van der Waals surface area contributed by atoms with Gasteiger partial charge in [0.05, 0.1) is 11.8 Å². The Labute approximate surface area is 204 Å². The van der Waals surface area contributed by atoms with Gasteiger partial charge >= 0.3 is 0 Å². The number of carbonyl (C=O) groups is 2. The van der Waals surface area contributed by atoms with Crippen LogP contribution < -0.4 is 5.32 Å². The lowest BCUT2D eigenvalue weighted by atomic mass is 9.97. The number of nitrogens with one attached hydrogen (secondary N) is 1. The van der Waals surface area contributed by atoms with Gasteiger partial charge in [-0.05, 0) is 59.1 Å². The summed E-state index contributed by atoms with van der Waals surface area (Å²) in [5, 5.41) is 7.86. The molecule has 0 spiro atoms. The molecule has 0 aliphatic carbocycles. The van der Waals surface area contributed by atoms with Crippen LogP contribution in [-0.4, -0.2) is 38.6 Å². The molecule has 2 amide bonds. The third-order valence-electron chi connectivity index (χ3n) is 5.56. The van der Waals surface area contributed by atoms with Crippen LogP contribution in [-0.2, 0) is 18.3 Å². The maximum Gasteiger partial charge on any atom is 0.254 e. The van der Waals surface area contributed by atoms with Crippen molar-refractivity contribution in [3.05, 3.63) is 86.5 Å². The van der Waals surface area contributed by atoms with E-state index < -0.39 is 0 Å². The minimum absolute atomic E-state index is 0.00784. The second-order valence-electron chi connectivity index (χ2n) is 7.70. The molecule has 4 heterocycles. The lowest BCUT2D eigenvalue weighted by molar-refractivity contribution is -0.113. The van der Waals surface area contributed by atoms with Crippen LogP contribution in [0.1, 0.15) is 31.7 Å². The third-order valence-corrected chi connectivity index (χ3v) is 8.54. The topological polar surface area (TPSA) is 67.2 Å². The summed E-state index contributed by atoms with van der Waals surface area (Å²) >= 11 is 4.83. The maximum absolute atomic E-state index is 13.5. The van der Waals surface area contributed by atoms with E-state index in [0.717, 1.165) is 11.6 Å². The zero-order chi connectivity index (χ0) is 22.8. The largest absolute Gasteiger partial charge is 0.329 e. The fourth-order valence-corrected chi connectivity index (χ4v) is 6.46. The van der Waals surface area contributed by atoms with Crippen LogP contribution >= 0.6 is 34.4 Å². The van der Waals surface area contributed by atoms with E-state index in [-0.39, 0.29) is 23.6 Å². The summed E-state index contributed by atoms with van der Waals surface area (Å²) in [6, 6.07) is 13.4.